The van der Waals surface area contributed by atoms with Crippen molar-refractivity contribution in [3.63, 3.8) is 0 Å². The van der Waals surface area contributed by atoms with Crippen LogP contribution in [0.1, 0.15) is 30.5 Å². The Labute approximate surface area is 200 Å². The third-order valence-electron chi connectivity index (χ3n) is 7.15. The highest BCUT2D eigenvalue weighted by Gasteiger charge is 2.68. The summed E-state index contributed by atoms with van der Waals surface area (Å²) in [6.45, 7) is 2.18. The number of pyridine rings is 2. The molecule has 0 unspecified atom stereocenters. The minimum atomic E-state index is -0.833. The van der Waals surface area contributed by atoms with Crippen LogP contribution < -0.4 is 5.32 Å². The Morgan fingerprint density at radius 3 is 2.80 bits per heavy atom. The van der Waals surface area contributed by atoms with Crippen molar-refractivity contribution in [2.45, 2.75) is 38.0 Å². The van der Waals surface area contributed by atoms with Gasteiger partial charge in [-0.15, -0.1) is 5.10 Å². The maximum Gasteiger partial charge on any atom is 0.137 e. The molecule has 3 aliphatic carbocycles. The van der Waals surface area contributed by atoms with E-state index < -0.39 is 5.67 Å². The summed E-state index contributed by atoms with van der Waals surface area (Å²) in [6, 6.07) is 6.12. The summed E-state index contributed by atoms with van der Waals surface area (Å²) in [4.78, 5) is 13.1. The van der Waals surface area contributed by atoms with Crippen molar-refractivity contribution < 1.29 is 4.39 Å². The first kappa shape index (κ1) is 20.5. The van der Waals surface area contributed by atoms with Crippen LogP contribution in [0.25, 0.3) is 22.6 Å². The molecule has 8 rings (SSSR count). The molecule has 0 aliphatic heterocycles. The van der Waals surface area contributed by atoms with E-state index in [2.05, 4.69) is 37.9 Å². The molecule has 0 saturated heterocycles. The third kappa shape index (κ3) is 3.70. The molecule has 5 heterocycles. The average molecular weight is 470 g/mol. The van der Waals surface area contributed by atoms with Gasteiger partial charge in [0.1, 0.15) is 17.0 Å². The fourth-order valence-corrected chi connectivity index (χ4v) is 5.59. The lowest BCUT2D eigenvalue weighted by Gasteiger charge is -2.66. The number of halogens is 1. The molecule has 176 valence electrons. The van der Waals surface area contributed by atoms with Gasteiger partial charge in [0, 0.05) is 49.6 Å². The number of hydrogen-bond donors (Lipinski definition) is 1. The summed E-state index contributed by atoms with van der Waals surface area (Å²) in [5.74, 6) is 0. The van der Waals surface area contributed by atoms with E-state index in [0.717, 1.165) is 60.6 Å². The summed E-state index contributed by atoms with van der Waals surface area (Å²) in [5, 5.41) is 12.1. The van der Waals surface area contributed by atoms with E-state index in [1.165, 1.54) is 5.56 Å². The van der Waals surface area contributed by atoms with Gasteiger partial charge >= 0.3 is 0 Å². The third-order valence-corrected chi connectivity index (χ3v) is 7.15. The SMILES string of the molecule is FC12CC(CNCc3ccc4nc(Cn5cc(-c6cncc(-n7ccnc7)c6)nn5)cn4c3)(C1)C2. The summed E-state index contributed by atoms with van der Waals surface area (Å²) in [5.41, 5.74) is 4.90. The first-order valence-electron chi connectivity index (χ1n) is 11.8. The number of nitrogens with zero attached hydrogens (tertiary/aromatic N) is 8. The van der Waals surface area contributed by atoms with Crippen molar-refractivity contribution >= 4 is 5.65 Å². The Kier molecular flexibility index (Phi) is 4.41. The molecular weight excluding hydrogens is 445 g/mol. The van der Waals surface area contributed by atoms with Gasteiger partial charge in [0.2, 0.25) is 0 Å². The molecule has 0 aromatic carbocycles. The van der Waals surface area contributed by atoms with Gasteiger partial charge in [-0.1, -0.05) is 11.3 Å². The van der Waals surface area contributed by atoms with Crippen LogP contribution in [0.4, 0.5) is 4.39 Å². The highest BCUT2D eigenvalue weighted by atomic mass is 19.1. The van der Waals surface area contributed by atoms with Crippen LogP contribution in [-0.4, -0.2) is 51.1 Å². The topological polar surface area (TPSA) is 90.8 Å². The predicted octanol–water partition coefficient (Wildman–Crippen LogP) is 3.20. The van der Waals surface area contributed by atoms with Crippen LogP contribution in [0.2, 0.25) is 0 Å². The lowest BCUT2D eigenvalue weighted by atomic mass is 9.42. The second kappa shape index (κ2) is 7.54. The molecule has 3 saturated carbocycles. The first-order valence-corrected chi connectivity index (χ1v) is 11.8. The molecule has 0 spiro atoms. The molecule has 9 nitrogen and oxygen atoms in total. The molecule has 0 atom stereocenters. The van der Waals surface area contributed by atoms with Crippen LogP contribution >= 0.6 is 0 Å². The van der Waals surface area contributed by atoms with Gasteiger partial charge in [-0.3, -0.25) is 4.98 Å². The summed E-state index contributed by atoms with van der Waals surface area (Å²) < 4.78 is 19.4. The average Bonchev–Trinajstić information content (AvgIpc) is 3.58. The van der Waals surface area contributed by atoms with Gasteiger partial charge in [0.05, 0.1) is 36.6 Å². The minimum absolute atomic E-state index is 0.217. The van der Waals surface area contributed by atoms with Crippen molar-refractivity contribution in [2.75, 3.05) is 6.54 Å². The van der Waals surface area contributed by atoms with Crippen molar-refractivity contribution in [1.29, 1.82) is 0 Å². The van der Waals surface area contributed by atoms with Gasteiger partial charge < -0.3 is 14.3 Å². The number of hydrogen-bond acceptors (Lipinski definition) is 6. The van der Waals surface area contributed by atoms with Gasteiger partial charge in [-0.2, -0.15) is 0 Å². The molecule has 0 radical (unpaired) electrons. The van der Waals surface area contributed by atoms with Crippen LogP contribution in [0.3, 0.4) is 0 Å². The van der Waals surface area contributed by atoms with E-state index in [9.17, 15) is 4.39 Å². The molecule has 2 bridgehead atoms. The Hall–Kier alpha value is -3.92. The minimum Gasteiger partial charge on any atom is -0.312 e. The maximum absolute atomic E-state index is 13.7. The van der Waals surface area contributed by atoms with Crippen molar-refractivity contribution in [3.8, 4) is 16.9 Å². The molecule has 35 heavy (non-hydrogen) atoms. The molecule has 1 N–H and O–H groups in total. The number of fused-ring (bicyclic) bond motifs is 1. The smallest absolute Gasteiger partial charge is 0.137 e. The van der Waals surface area contributed by atoms with Gasteiger partial charge in [0.25, 0.3) is 0 Å². The van der Waals surface area contributed by atoms with Crippen LogP contribution in [-0.2, 0) is 13.1 Å². The standard InChI is InChI=1S/C25H24FN9/c26-25-13-24(14-25,15-25)16-29-6-18-1-2-23-30-20(10-34(23)9-18)11-35-12-22(31-32-35)19-5-21(8-28-7-19)33-4-3-27-17-33/h1-5,7-10,12,17,29H,6,11,13-16H2. The van der Waals surface area contributed by atoms with E-state index in [4.69, 9.17) is 4.98 Å². The molecule has 5 aromatic rings. The van der Waals surface area contributed by atoms with Crippen LogP contribution in [0.5, 0.6) is 0 Å². The largest absolute Gasteiger partial charge is 0.312 e. The predicted molar refractivity (Wildman–Crippen MR) is 126 cm³/mol. The number of rotatable bonds is 8. The molecule has 10 heteroatoms. The zero-order valence-corrected chi connectivity index (χ0v) is 19.0. The normalized spacial score (nSPS) is 22.8. The summed E-state index contributed by atoms with van der Waals surface area (Å²) in [6.07, 6.45) is 17.1. The second-order valence-electron chi connectivity index (χ2n) is 10.0. The van der Waals surface area contributed by atoms with E-state index in [1.54, 1.807) is 29.6 Å². The molecule has 3 fully saturated rings. The summed E-state index contributed by atoms with van der Waals surface area (Å²) >= 11 is 0. The Balaban J connectivity index is 1.02. The lowest BCUT2D eigenvalue weighted by Crippen LogP contribution is -2.67. The fourth-order valence-electron chi connectivity index (χ4n) is 5.59. The summed E-state index contributed by atoms with van der Waals surface area (Å²) in [7, 11) is 0. The number of aromatic nitrogens is 8. The van der Waals surface area contributed by atoms with Gasteiger partial charge in [-0.25, -0.2) is 19.0 Å². The Morgan fingerprint density at radius 1 is 1.06 bits per heavy atom. The lowest BCUT2D eigenvalue weighted by molar-refractivity contribution is -0.209. The first-order chi connectivity index (χ1) is 17.0. The molecule has 5 aromatic heterocycles. The number of alkyl halides is 1. The van der Waals surface area contributed by atoms with Crippen molar-refractivity contribution in [2.24, 2.45) is 5.41 Å². The quantitative estimate of drug-likeness (QED) is 0.375. The number of imidazole rings is 2. The number of nitrogens with one attached hydrogen (secondary N) is 1. The van der Waals surface area contributed by atoms with Crippen LogP contribution in [0.15, 0.2) is 67.9 Å². The maximum atomic E-state index is 13.7. The monoisotopic (exact) mass is 469 g/mol. The van der Waals surface area contributed by atoms with E-state index in [-0.39, 0.29) is 5.41 Å². The second-order valence-corrected chi connectivity index (χ2v) is 10.0. The molecule has 3 aliphatic rings. The van der Waals surface area contributed by atoms with E-state index >= 15 is 0 Å². The Bertz CT molecular complexity index is 1500. The zero-order chi connectivity index (χ0) is 23.5. The zero-order valence-electron chi connectivity index (χ0n) is 19.0. The molecular formula is C25H24FN9. The Morgan fingerprint density at radius 2 is 1.97 bits per heavy atom. The van der Waals surface area contributed by atoms with Crippen molar-refractivity contribution in [3.05, 3.63) is 79.2 Å². The van der Waals surface area contributed by atoms with Crippen molar-refractivity contribution in [1.82, 2.24) is 44.2 Å². The van der Waals surface area contributed by atoms with E-state index in [0.29, 0.717) is 6.54 Å². The van der Waals surface area contributed by atoms with Gasteiger partial charge in [0.15, 0.2) is 0 Å². The highest BCUT2D eigenvalue weighted by molar-refractivity contribution is 5.59. The van der Waals surface area contributed by atoms with Crippen LogP contribution in [0, 0.1) is 5.41 Å². The van der Waals surface area contributed by atoms with E-state index in [1.807, 2.05) is 39.7 Å². The van der Waals surface area contributed by atoms with Gasteiger partial charge in [-0.05, 0) is 42.4 Å². The highest BCUT2D eigenvalue weighted by Crippen LogP contribution is 2.69. The molecule has 0 amide bonds. The fraction of sp³-hybridized carbons (Fsp3) is 0.320.